The lowest BCUT2D eigenvalue weighted by Crippen LogP contribution is -2.48. The number of allylic oxidation sites excluding steroid dienone is 3. The number of esters is 1. The van der Waals surface area contributed by atoms with E-state index in [0.717, 1.165) is 43.4 Å². The first-order valence-electron chi connectivity index (χ1n) is 13.9. The number of alkyl halides is 3. The van der Waals surface area contributed by atoms with Crippen molar-refractivity contribution in [3.8, 4) is 11.1 Å². The molecule has 1 saturated heterocycles. The Labute approximate surface area is 230 Å². The summed E-state index contributed by atoms with van der Waals surface area (Å²) in [6.07, 6.45) is 7.86. The maximum Gasteiger partial charge on any atom is 0.416 e. The number of rotatable bonds is 9. The largest absolute Gasteiger partial charge is 0.469 e. The number of pyridine rings is 1. The molecule has 1 aliphatic carbocycles. The smallest absolute Gasteiger partial charge is 0.416 e. The number of aromatic nitrogens is 1. The molecule has 1 aromatic carbocycles. The van der Waals surface area contributed by atoms with Crippen molar-refractivity contribution in [2.45, 2.75) is 70.6 Å². The number of ether oxygens (including phenoxy) is 1. The third kappa shape index (κ3) is 7.59. The highest BCUT2D eigenvalue weighted by atomic mass is 19.4. The number of nitrogens with zero attached hydrogens (tertiary/aromatic N) is 2. The summed E-state index contributed by atoms with van der Waals surface area (Å²) in [6.45, 7) is 5.23. The van der Waals surface area contributed by atoms with Crippen molar-refractivity contribution >= 4 is 5.97 Å². The average molecular weight is 541 g/mol. The van der Waals surface area contributed by atoms with Crippen molar-refractivity contribution in [3.63, 3.8) is 0 Å². The lowest BCUT2D eigenvalue weighted by molar-refractivity contribution is -0.142. The first-order chi connectivity index (χ1) is 18.7. The summed E-state index contributed by atoms with van der Waals surface area (Å²) in [7, 11) is 1.40. The summed E-state index contributed by atoms with van der Waals surface area (Å²) in [5, 5.41) is 0. The number of piperidine rings is 1. The Hall–Kier alpha value is -2.93. The van der Waals surface area contributed by atoms with E-state index in [1.165, 1.54) is 24.8 Å². The summed E-state index contributed by atoms with van der Waals surface area (Å²) in [4.78, 5) is 18.7. The molecule has 0 radical (unpaired) electrons. The van der Waals surface area contributed by atoms with Crippen LogP contribution in [0.5, 0.6) is 0 Å². The first-order valence-corrected chi connectivity index (χ1v) is 13.9. The fourth-order valence-corrected chi connectivity index (χ4v) is 5.99. The first kappa shape index (κ1) is 29.1. The second-order valence-electron chi connectivity index (χ2n) is 11.2. The Balaban J connectivity index is 1.63. The minimum Gasteiger partial charge on any atom is -0.469 e. The lowest BCUT2D eigenvalue weighted by atomic mass is 9.77. The number of benzene rings is 1. The van der Waals surface area contributed by atoms with E-state index in [2.05, 4.69) is 48.0 Å². The molecule has 7 heteroatoms. The van der Waals surface area contributed by atoms with Gasteiger partial charge < -0.3 is 4.74 Å². The van der Waals surface area contributed by atoms with Crippen molar-refractivity contribution in [1.82, 2.24) is 9.88 Å². The van der Waals surface area contributed by atoms with E-state index in [9.17, 15) is 18.0 Å². The van der Waals surface area contributed by atoms with E-state index >= 15 is 0 Å². The van der Waals surface area contributed by atoms with Crippen molar-refractivity contribution < 1.29 is 22.7 Å². The highest BCUT2D eigenvalue weighted by Crippen LogP contribution is 2.42. The van der Waals surface area contributed by atoms with E-state index in [1.54, 1.807) is 18.5 Å². The van der Waals surface area contributed by atoms with Crippen molar-refractivity contribution in [1.29, 1.82) is 0 Å². The SMILES string of the molecule is COC(=O)C[C@H]1CCN([C@@H](CCC(C)C)c2ccc(-c3ccncc3)cc2)[C@@H](C2C=CC(C(F)(F)F)=CC2)C1. The van der Waals surface area contributed by atoms with Crippen LogP contribution in [0.2, 0.25) is 0 Å². The molecule has 1 aromatic heterocycles. The number of hydrogen-bond acceptors (Lipinski definition) is 4. The van der Waals surface area contributed by atoms with Gasteiger partial charge >= 0.3 is 12.1 Å². The minimum absolute atomic E-state index is 0.0349. The number of likely N-dealkylation sites (tertiary alicyclic amines) is 1. The van der Waals surface area contributed by atoms with E-state index < -0.39 is 11.7 Å². The van der Waals surface area contributed by atoms with Crippen LogP contribution in [0, 0.1) is 17.8 Å². The predicted molar refractivity (Wildman–Crippen MR) is 148 cm³/mol. The molecule has 4 nitrogen and oxygen atoms in total. The molecule has 2 aromatic rings. The van der Waals surface area contributed by atoms with Crippen molar-refractivity contribution in [3.05, 3.63) is 78.2 Å². The van der Waals surface area contributed by atoms with Crippen LogP contribution < -0.4 is 0 Å². The van der Waals surface area contributed by atoms with Crippen molar-refractivity contribution in [2.24, 2.45) is 17.8 Å². The van der Waals surface area contributed by atoms with Gasteiger partial charge in [0, 0.05) is 30.9 Å². The molecule has 4 rings (SSSR count). The van der Waals surface area contributed by atoms with Crippen LogP contribution in [0.25, 0.3) is 11.1 Å². The molecule has 4 atom stereocenters. The number of hydrogen-bond donors (Lipinski definition) is 0. The highest BCUT2D eigenvalue weighted by molar-refractivity contribution is 5.69. The monoisotopic (exact) mass is 540 g/mol. The standard InChI is InChI=1S/C32H39F3N2O2/c1-22(2)4-13-29(26-7-5-24(6-8-26)25-14-17-36-18-15-25)37-19-16-23(21-31(38)39-3)20-30(37)27-9-11-28(12-10-27)32(33,34)35/h5-9,11-12,14-15,17-18,22-23,27,29-30H,4,10,13,16,19-21H2,1-3H3/t23-,27?,29-,30+/m0/s1. The minimum atomic E-state index is -4.34. The molecule has 0 amide bonds. The van der Waals surface area contributed by atoms with Crippen LogP contribution in [0.4, 0.5) is 13.2 Å². The Morgan fingerprint density at radius 3 is 2.36 bits per heavy atom. The van der Waals surface area contributed by atoms with Gasteiger partial charge in [-0.3, -0.25) is 14.7 Å². The lowest BCUT2D eigenvalue weighted by Gasteiger charge is -2.47. The normalized spacial score (nSPS) is 22.9. The number of carbonyl (C=O) groups is 1. The number of methoxy groups -OCH3 is 1. The van der Waals surface area contributed by atoms with Gasteiger partial charge in [-0.25, -0.2) is 0 Å². The van der Waals surface area contributed by atoms with Crippen LogP contribution in [0.3, 0.4) is 0 Å². The Morgan fingerprint density at radius 2 is 1.77 bits per heavy atom. The average Bonchev–Trinajstić information content (AvgIpc) is 2.94. The Kier molecular flexibility index (Phi) is 9.65. The molecule has 39 heavy (non-hydrogen) atoms. The van der Waals surface area contributed by atoms with E-state index in [-0.39, 0.29) is 29.9 Å². The van der Waals surface area contributed by atoms with Gasteiger partial charge in [0.15, 0.2) is 0 Å². The van der Waals surface area contributed by atoms with Gasteiger partial charge in [-0.2, -0.15) is 13.2 Å². The van der Waals surface area contributed by atoms with Crippen LogP contribution in [0.1, 0.15) is 64.0 Å². The molecular formula is C32H39F3N2O2. The number of halogens is 3. The summed E-state index contributed by atoms with van der Waals surface area (Å²) in [5.41, 5.74) is 2.87. The van der Waals surface area contributed by atoms with Gasteiger partial charge in [0.2, 0.25) is 0 Å². The van der Waals surface area contributed by atoms with Gasteiger partial charge in [-0.05, 0) is 85.2 Å². The molecule has 0 N–H and O–H groups in total. The van der Waals surface area contributed by atoms with Crippen LogP contribution in [-0.4, -0.2) is 41.7 Å². The van der Waals surface area contributed by atoms with Gasteiger partial charge in [0.05, 0.1) is 12.7 Å². The van der Waals surface area contributed by atoms with E-state index in [1.807, 2.05) is 12.1 Å². The molecule has 1 aliphatic heterocycles. The van der Waals surface area contributed by atoms with E-state index in [4.69, 9.17) is 4.74 Å². The second-order valence-corrected chi connectivity index (χ2v) is 11.2. The maximum atomic E-state index is 13.3. The van der Waals surface area contributed by atoms with Crippen LogP contribution in [-0.2, 0) is 9.53 Å². The zero-order valence-corrected chi connectivity index (χ0v) is 23.0. The molecule has 0 spiro atoms. The second kappa shape index (κ2) is 12.9. The number of carbonyl (C=O) groups excluding carboxylic acids is 1. The molecule has 2 heterocycles. The molecular weight excluding hydrogens is 501 g/mol. The molecule has 0 saturated carbocycles. The summed E-state index contributed by atoms with van der Waals surface area (Å²) in [5.74, 6) is 0.411. The van der Waals surface area contributed by atoms with Crippen LogP contribution >= 0.6 is 0 Å². The Bertz CT molecular complexity index is 1140. The third-order valence-corrected chi connectivity index (χ3v) is 8.16. The summed E-state index contributed by atoms with van der Waals surface area (Å²) >= 11 is 0. The van der Waals surface area contributed by atoms with Crippen LogP contribution in [0.15, 0.2) is 72.6 Å². The Morgan fingerprint density at radius 1 is 1.08 bits per heavy atom. The maximum absolute atomic E-state index is 13.3. The van der Waals surface area contributed by atoms with Gasteiger partial charge in [0.1, 0.15) is 0 Å². The molecule has 1 fully saturated rings. The van der Waals surface area contributed by atoms with Gasteiger partial charge in [-0.15, -0.1) is 0 Å². The third-order valence-electron chi connectivity index (χ3n) is 8.16. The van der Waals surface area contributed by atoms with E-state index in [0.29, 0.717) is 18.8 Å². The summed E-state index contributed by atoms with van der Waals surface area (Å²) in [6, 6.07) is 12.8. The van der Waals surface area contributed by atoms with Crippen molar-refractivity contribution in [2.75, 3.05) is 13.7 Å². The molecule has 1 unspecified atom stereocenters. The van der Waals surface area contributed by atoms with Gasteiger partial charge in [0.25, 0.3) is 0 Å². The zero-order chi connectivity index (χ0) is 28.0. The highest BCUT2D eigenvalue weighted by Gasteiger charge is 2.40. The summed E-state index contributed by atoms with van der Waals surface area (Å²) < 4.78 is 44.9. The molecule has 210 valence electrons. The fraction of sp³-hybridized carbons (Fsp3) is 0.500. The predicted octanol–water partition coefficient (Wildman–Crippen LogP) is 7.93. The molecule has 0 bridgehead atoms. The topological polar surface area (TPSA) is 42.4 Å². The quantitative estimate of drug-likeness (QED) is 0.303. The molecule has 2 aliphatic rings. The fourth-order valence-electron chi connectivity index (χ4n) is 5.99. The van der Waals surface area contributed by atoms with Gasteiger partial charge in [-0.1, -0.05) is 56.3 Å². The zero-order valence-electron chi connectivity index (χ0n) is 23.0.